The quantitative estimate of drug-likeness (QED) is 0.180. The molecule has 8 aromatic carbocycles. The predicted molar refractivity (Wildman–Crippen MR) is 219 cm³/mol. The highest BCUT2D eigenvalue weighted by molar-refractivity contribution is 6.11. The van der Waals surface area contributed by atoms with Crippen LogP contribution in [0.4, 0.5) is 0 Å². The summed E-state index contributed by atoms with van der Waals surface area (Å²) in [5.41, 5.74) is 10.8. The molecular weight excluding hydrogens is 661 g/mol. The molecule has 0 radical (unpaired) electrons. The molecule has 0 spiro atoms. The van der Waals surface area contributed by atoms with Crippen molar-refractivity contribution in [3.05, 3.63) is 182 Å². The van der Waals surface area contributed by atoms with E-state index in [-0.39, 0.29) is 0 Å². The molecule has 1 aliphatic heterocycles. The van der Waals surface area contributed by atoms with E-state index in [0.717, 1.165) is 67.0 Å². The van der Waals surface area contributed by atoms with Gasteiger partial charge in [-0.05, 0) is 82.7 Å². The molecule has 5 nitrogen and oxygen atoms in total. The fraction of sp³-hybridized carbons (Fsp3) is 0. The molecule has 0 fully saturated rings. The fourth-order valence-corrected chi connectivity index (χ4v) is 7.87. The molecule has 0 saturated carbocycles. The Hall–Kier alpha value is -7.37. The average Bonchev–Trinajstić information content (AvgIpc) is 3.58. The van der Waals surface area contributed by atoms with Crippen LogP contribution in [0, 0.1) is 0 Å². The number of hydrogen-bond acceptors (Lipinski definition) is 4. The Kier molecular flexibility index (Phi) is 6.79. The fourth-order valence-electron chi connectivity index (χ4n) is 7.87. The summed E-state index contributed by atoms with van der Waals surface area (Å²) in [5.74, 6) is 3.73. The van der Waals surface area contributed by atoms with Crippen molar-refractivity contribution in [3.8, 4) is 73.6 Å². The van der Waals surface area contributed by atoms with Gasteiger partial charge in [0.2, 0.25) is 0 Å². The average molecular weight is 691 g/mol. The van der Waals surface area contributed by atoms with Gasteiger partial charge in [-0.3, -0.25) is 0 Å². The van der Waals surface area contributed by atoms with Gasteiger partial charge in [-0.15, -0.1) is 0 Å². The van der Waals surface area contributed by atoms with E-state index in [1.807, 2.05) is 60.7 Å². The zero-order valence-corrected chi connectivity index (χ0v) is 29.0. The van der Waals surface area contributed by atoms with Crippen LogP contribution in [0.1, 0.15) is 0 Å². The van der Waals surface area contributed by atoms with Crippen LogP contribution in [-0.4, -0.2) is 19.5 Å². The lowest BCUT2D eigenvalue weighted by Gasteiger charge is -2.22. The highest BCUT2D eigenvalue weighted by Crippen LogP contribution is 2.47. The third kappa shape index (κ3) is 4.90. The lowest BCUT2D eigenvalue weighted by atomic mass is 9.92. The van der Waals surface area contributed by atoms with E-state index in [2.05, 4.69) is 126 Å². The number of para-hydroxylation sites is 1. The molecule has 0 N–H and O–H groups in total. The van der Waals surface area contributed by atoms with Crippen molar-refractivity contribution in [2.45, 2.75) is 0 Å². The Bertz CT molecular complexity index is 3000. The SMILES string of the molecule is c1ccc(-c2nc(-c3ccccc3)nc(-c3ccc(-n4c5ccccc5c5cc(-c6ccc7c(c6)-c6cccc8cccc(c68)O7)ccc54)cc3)n2)cc1. The zero-order chi connectivity index (χ0) is 35.6. The van der Waals surface area contributed by atoms with Crippen LogP contribution in [0.3, 0.4) is 0 Å². The van der Waals surface area contributed by atoms with E-state index >= 15 is 0 Å². The molecule has 0 aliphatic carbocycles. The summed E-state index contributed by atoms with van der Waals surface area (Å²) in [6.45, 7) is 0. The second-order valence-corrected chi connectivity index (χ2v) is 13.6. The van der Waals surface area contributed by atoms with Crippen molar-refractivity contribution >= 4 is 32.6 Å². The van der Waals surface area contributed by atoms with E-state index in [9.17, 15) is 0 Å². The number of ether oxygens (including phenoxy) is 1. The van der Waals surface area contributed by atoms with Gasteiger partial charge in [-0.2, -0.15) is 0 Å². The van der Waals surface area contributed by atoms with Gasteiger partial charge in [0.25, 0.3) is 0 Å². The summed E-state index contributed by atoms with van der Waals surface area (Å²) < 4.78 is 8.74. The van der Waals surface area contributed by atoms with Crippen molar-refractivity contribution in [2.75, 3.05) is 0 Å². The Morgan fingerprint density at radius 3 is 1.67 bits per heavy atom. The molecule has 252 valence electrons. The third-order valence-corrected chi connectivity index (χ3v) is 10.4. The van der Waals surface area contributed by atoms with Crippen molar-refractivity contribution in [3.63, 3.8) is 0 Å². The summed E-state index contributed by atoms with van der Waals surface area (Å²) in [6, 6.07) is 63.4. The number of nitrogens with zero attached hydrogens (tertiary/aromatic N) is 4. The molecule has 2 aromatic heterocycles. The van der Waals surface area contributed by atoms with Crippen LogP contribution < -0.4 is 4.74 Å². The molecule has 11 rings (SSSR count). The van der Waals surface area contributed by atoms with E-state index in [1.54, 1.807) is 0 Å². The van der Waals surface area contributed by atoms with Crippen LogP contribution in [0.25, 0.3) is 94.7 Å². The summed E-state index contributed by atoms with van der Waals surface area (Å²) in [7, 11) is 0. The minimum absolute atomic E-state index is 0.635. The van der Waals surface area contributed by atoms with Crippen LogP contribution in [0.15, 0.2) is 182 Å². The first-order valence-corrected chi connectivity index (χ1v) is 18.1. The van der Waals surface area contributed by atoms with E-state index in [4.69, 9.17) is 19.7 Å². The van der Waals surface area contributed by atoms with Gasteiger partial charge in [0, 0.05) is 44.1 Å². The molecule has 54 heavy (non-hydrogen) atoms. The molecule has 0 atom stereocenters. The van der Waals surface area contributed by atoms with Crippen LogP contribution >= 0.6 is 0 Å². The summed E-state index contributed by atoms with van der Waals surface area (Å²) in [6.07, 6.45) is 0. The number of rotatable bonds is 5. The van der Waals surface area contributed by atoms with Gasteiger partial charge in [-0.1, -0.05) is 121 Å². The Morgan fingerprint density at radius 2 is 0.944 bits per heavy atom. The zero-order valence-electron chi connectivity index (χ0n) is 29.0. The van der Waals surface area contributed by atoms with Crippen LogP contribution in [0.5, 0.6) is 11.5 Å². The van der Waals surface area contributed by atoms with E-state index in [0.29, 0.717) is 17.5 Å². The largest absolute Gasteiger partial charge is 0.456 e. The first-order chi connectivity index (χ1) is 26.7. The molecule has 0 saturated heterocycles. The molecule has 0 amide bonds. The Balaban J connectivity index is 1.00. The molecule has 0 unspecified atom stereocenters. The first kappa shape index (κ1) is 30.3. The van der Waals surface area contributed by atoms with Gasteiger partial charge < -0.3 is 9.30 Å². The van der Waals surface area contributed by atoms with Crippen molar-refractivity contribution < 1.29 is 4.74 Å². The molecular formula is C49H30N4O. The normalized spacial score (nSPS) is 11.9. The molecule has 3 heterocycles. The standard InChI is InChI=1S/C49H30N4O/c1-3-11-32(12-4-1)47-50-48(33-13-5-2-6-14-33)52-49(51-47)34-21-25-37(26-22-34)53-42-19-8-7-17-38(42)40-29-35(23-27-43(40)53)36-24-28-44-41(30-36)39-18-9-15-31-16-10-20-45(54-44)46(31)39/h1-30H. The molecule has 5 heteroatoms. The monoisotopic (exact) mass is 690 g/mol. The number of hydrogen-bond donors (Lipinski definition) is 0. The van der Waals surface area contributed by atoms with E-state index < -0.39 is 0 Å². The summed E-state index contributed by atoms with van der Waals surface area (Å²) in [4.78, 5) is 14.7. The van der Waals surface area contributed by atoms with Crippen molar-refractivity contribution in [1.82, 2.24) is 19.5 Å². The second-order valence-electron chi connectivity index (χ2n) is 13.6. The van der Waals surface area contributed by atoms with Gasteiger partial charge in [0.15, 0.2) is 17.5 Å². The number of aromatic nitrogens is 4. The second kappa shape index (κ2) is 12.1. The molecule has 1 aliphatic rings. The van der Waals surface area contributed by atoms with Gasteiger partial charge in [0.1, 0.15) is 11.5 Å². The van der Waals surface area contributed by atoms with Crippen molar-refractivity contribution in [1.29, 1.82) is 0 Å². The lowest BCUT2D eigenvalue weighted by Crippen LogP contribution is -2.00. The molecule has 10 aromatic rings. The lowest BCUT2D eigenvalue weighted by molar-refractivity contribution is 0.487. The topological polar surface area (TPSA) is 52.8 Å². The first-order valence-electron chi connectivity index (χ1n) is 18.1. The molecule has 0 bridgehead atoms. The third-order valence-electron chi connectivity index (χ3n) is 10.4. The smallest absolute Gasteiger partial charge is 0.164 e. The maximum Gasteiger partial charge on any atom is 0.164 e. The van der Waals surface area contributed by atoms with Crippen LogP contribution in [-0.2, 0) is 0 Å². The minimum Gasteiger partial charge on any atom is -0.456 e. The minimum atomic E-state index is 0.635. The number of benzene rings is 8. The maximum absolute atomic E-state index is 6.39. The predicted octanol–water partition coefficient (Wildman–Crippen LogP) is 12.6. The van der Waals surface area contributed by atoms with Gasteiger partial charge >= 0.3 is 0 Å². The van der Waals surface area contributed by atoms with E-state index in [1.165, 1.54) is 21.7 Å². The highest BCUT2D eigenvalue weighted by atomic mass is 16.5. The van der Waals surface area contributed by atoms with Crippen molar-refractivity contribution in [2.24, 2.45) is 0 Å². The highest BCUT2D eigenvalue weighted by Gasteiger charge is 2.21. The Labute approximate surface area is 311 Å². The van der Waals surface area contributed by atoms with Gasteiger partial charge in [-0.25, -0.2) is 15.0 Å². The number of fused-ring (bicyclic) bond motifs is 5. The maximum atomic E-state index is 6.39. The summed E-state index contributed by atoms with van der Waals surface area (Å²) >= 11 is 0. The van der Waals surface area contributed by atoms with Crippen LogP contribution in [0.2, 0.25) is 0 Å². The summed E-state index contributed by atoms with van der Waals surface area (Å²) in [5, 5.41) is 4.75. The van der Waals surface area contributed by atoms with Gasteiger partial charge in [0.05, 0.1) is 11.0 Å². The Morgan fingerprint density at radius 1 is 0.370 bits per heavy atom.